The third kappa shape index (κ3) is 7.47. The molecule has 0 bridgehead atoms. The molecule has 0 heterocycles. The fourth-order valence-corrected chi connectivity index (χ4v) is 3.47. The summed E-state index contributed by atoms with van der Waals surface area (Å²) >= 11 is 0. The van der Waals surface area contributed by atoms with Crippen LogP contribution in [0.5, 0.6) is 17.2 Å². The number of unbranched alkanes of at least 4 members (excludes halogenated alkanes) is 5. The van der Waals surface area contributed by atoms with Gasteiger partial charge in [0.05, 0.1) is 0 Å². The number of para-hydroxylation sites is 3. The van der Waals surface area contributed by atoms with Gasteiger partial charge in [-0.1, -0.05) is 75.1 Å². The summed E-state index contributed by atoms with van der Waals surface area (Å²) in [7, 11) is -4.46. The van der Waals surface area contributed by atoms with E-state index in [1.165, 1.54) is 37.5 Å². The Balaban J connectivity index is 0.00000364. The van der Waals surface area contributed by atoms with Gasteiger partial charge in [0.15, 0.2) is 5.75 Å². The molecule has 0 aliphatic carbocycles. The van der Waals surface area contributed by atoms with Crippen LogP contribution in [0.3, 0.4) is 0 Å². The molecule has 0 fully saturated rings. The Hall–Kier alpha value is -1.05. The Morgan fingerprint density at radius 2 is 1.63 bits per heavy atom. The molecule has 7 heteroatoms. The van der Waals surface area contributed by atoms with Crippen molar-refractivity contribution in [3.63, 3.8) is 0 Å². The standard InChI is InChI=1S/C20H26O5S.Na/c1-2-3-4-5-6-7-11-16-12-10-15-19(26(22,23)24)20(16)25-18-14-9-8-13-17(18)21;/h8-10,12-15,21H,2-7,11H2,1H3,(H,22,23,24);/q;+1/p-1. The number of hydrogen-bond acceptors (Lipinski definition) is 4. The van der Waals surface area contributed by atoms with E-state index >= 15 is 0 Å². The number of ether oxygens (including phenoxy) is 1. The maximum Gasteiger partial charge on any atom is 1.00 e. The first-order valence-corrected chi connectivity index (χ1v) is 10.4. The predicted octanol–water partition coefficient (Wildman–Crippen LogP) is 1.71. The van der Waals surface area contributed by atoms with E-state index in [0.717, 1.165) is 19.3 Å². The molecule has 0 atom stereocenters. The third-order valence-corrected chi connectivity index (χ3v) is 5.08. The molecule has 1 N–H and O–H groups in total. The summed E-state index contributed by atoms with van der Waals surface area (Å²) in [6.07, 6.45) is 7.25. The van der Waals surface area contributed by atoms with E-state index in [9.17, 15) is 18.1 Å². The molecule has 0 spiro atoms. The van der Waals surface area contributed by atoms with E-state index < -0.39 is 10.1 Å². The van der Waals surface area contributed by atoms with Crippen molar-refractivity contribution < 1.29 is 52.4 Å². The monoisotopic (exact) mass is 400 g/mol. The summed E-state index contributed by atoms with van der Waals surface area (Å²) in [6.45, 7) is 2.16. The summed E-state index contributed by atoms with van der Waals surface area (Å²) in [5.74, 6) is -0.275. The van der Waals surface area contributed by atoms with Gasteiger partial charge in [-0.25, -0.2) is 0 Å². The molecule has 0 amide bonds. The molecule has 2 aromatic rings. The minimum Gasteiger partial charge on any atom is -0.870 e. The van der Waals surface area contributed by atoms with E-state index in [0.29, 0.717) is 12.0 Å². The molecule has 27 heavy (non-hydrogen) atoms. The molecule has 0 saturated heterocycles. The van der Waals surface area contributed by atoms with Gasteiger partial charge in [-0.05, 0) is 30.5 Å². The average Bonchev–Trinajstić information content (AvgIpc) is 2.60. The number of hydrogen-bond donors (Lipinski definition) is 1. The molecule has 142 valence electrons. The Kier molecular flexibility index (Phi) is 10.4. The van der Waals surface area contributed by atoms with Crippen molar-refractivity contribution in [1.29, 1.82) is 0 Å². The maximum absolute atomic E-state index is 11.9. The zero-order valence-corrected chi connectivity index (χ0v) is 18.8. The summed E-state index contributed by atoms with van der Waals surface area (Å²) in [6, 6.07) is 10.7. The molecule has 0 aromatic heterocycles. The van der Waals surface area contributed by atoms with E-state index in [2.05, 4.69) is 6.92 Å². The van der Waals surface area contributed by atoms with Crippen LogP contribution in [0.25, 0.3) is 0 Å². The molecule has 0 aliphatic rings. The van der Waals surface area contributed by atoms with Crippen LogP contribution in [0.1, 0.15) is 51.0 Å². The van der Waals surface area contributed by atoms with Gasteiger partial charge in [-0.3, -0.25) is 4.55 Å². The van der Waals surface area contributed by atoms with Crippen molar-refractivity contribution in [2.24, 2.45) is 0 Å². The van der Waals surface area contributed by atoms with Crippen molar-refractivity contribution in [3.05, 3.63) is 48.0 Å². The molecule has 0 aliphatic heterocycles. The summed E-state index contributed by atoms with van der Waals surface area (Å²) in [4.78, 5) is -0.316. The molecule has 0 unspecified atom stereocenters. The largest absolute Gasteiger partial charge is 1.00 e. The van der Waals surface area contributed by atoms with Gasteiger partial charge in [0.2, 0.25) is 0 Å². The van der Waals surface area contributed by atoms with Gasteiger partial charge in [0, 0.05) is 0 Å². The first kappa shape index (κ1) is 24.0. The number of benzene rings is 2. The number of aryl methyl sites for hydroxylation is 1. The van der Waals surface area contributed by atoms with E-state index in [-0.39, 0.29) is 51.7 Å². The normalized spacial score (nSPS) is 11.0. The van der Waals surface area contributed by atoms with Crippen LogP contribution in [0, 0.1) is 0 Å². The quantitative estimate of drug-likeness (QED) is 0.373. The zero-order chi connectivity index (χ0) is 19.0. The van der Waals surface area contributed by atoms with Crippen LogP contribution in [-0.2, 0) is 16.5 Å². The molecular weight excluding hydrogens is 375 g/mol. The van der Waals surface area contributed by atoms with Crippen molar-refractivity contribution in [3.8, 4) is 17.2 Å². The van der Waals surface area contributed by atoms with Crippen LogP contribution < -0.4 is 39.4 Å². The number of rotatable bonds is 10. The predicted molar refractivity (Wildman–Crippen MR) is 99.3 cm³/mol. The average molecular weight is 400 g/mol. The molecule has 2 aromatic carbocycles. The minimum atomic E-state index is -4.46. The second-order valence-corrected chi connectivity index (χ2v) is 7.68. The zero-order valence-electron chi connectivity index (χ0n) is 16.0. The Morgan fingerprint density at radius 1 is 0.963 bits per heavy atom. The topological polar surface area (TPSA) is 86.7 Å². The molecule has 0 saturated carbocycles. The third-order valence-electron chi connectivity index (χ3n) is 4.20. The molecular formula is C20H25NaO5S. The fourth-order valence-electron chi connectivity index (χ4n) is 2.82. The van der Waals surface area contributed by atoms with Gasteiger partial charge in [-0.2, -0.15) is 8.42 Å². The van der Waals surface area contributed by atoms with E-state index in [1.807, 2.05) is 0 Å². The fraction of sp³-hybridized carbons (Fsp3) is 0.400. The second-order valence-electron chi connectivity index (χ2n) is 6.29. The summed E-state index contributed by atoms with van der Waals surface area (Å²) in [5.41, 5.74) is 0.666. The van der Waals surface area contributed by atoms with Gasteiger partial charge in [0.1, 0.15) is 10.6 Å². The smallest absolute Gasteiger partial charge is 0.870 e. The van der Waals surface area contributed by atoms with Gasteiger partial charge in [-0.15, -0.1) is 0 Å². The van der Waals surface area contributed by atoms with Crippen LogP contribution in [0.4, 0.5) is 0 Å². The molecule has 5 nitrogen and oxygen atoms in total. The first-order valence-electron chi connectivity index (χ1n) is 8.96. The Bertz CT molecular complexity index is 821. The van der Waals surface area contributed by atoms with Crippen molar-refractivity contribution in [2.75, 3.05) is 0 Å². The first-order chi connectivity index (χ1) is 12.4. The van der Waals surface area contributed by atoms with Crippen molar-refractivity contribution in [1.82, 2.24) is 0 Å². The van der Waals surface area contributed by atoms with Crippen LogP contribution in [0.15, 0.2) is 47.4 Å². The second kappa shape index (κ2) is 11.7. The Morgan fingerprint density at radius 3 is 2.30 bits per heavy atom. The minimum absolute atomic E-state index is 0. The molecule has 2 rings (SSSR count). The summed E-state index contributed by atoms with van der Waals surface area (Å²) in [5, 5.41) is 11.9. The molecule has 0 radical (unpaired) electrons. The maximum atomic E-state index is 11.9. The Labute approximate surface area is 183 Å². The van der Waals surface area contributed by atoms with Crippen LogP contribution in [-0.4, -0.2) is 13.0 Å². The van der Waals surface area contributed by atoms with E-state index in [1.54, 1.807) is 24.3 Å². The van der Waals surface area contributed by atoms with Gasteiger partial charge in [0.25, 0.3) is 10.1 Å². The van der Waals surface area contributed by atoms with Crippen LogP contribution >= 0.6 is 0 Å². The van der Waals surface area contributed by atoms with Gasteiger partial charge >= 0.3 is 29.6 Å². The van der Waals surface area contributed by atoms with Crippen molar-refractivity contribution in [2.45, 2.75) is 56.8 Å². The summed E-state index contributed by atoms with van der Waals surface area (Å²) < 4.78 is 38.6. The van der Waals surface area contributed by atoms with Crippen LogP contribution in [0.2, 0.25) is 0 Å². The van der Waals surface area contributed by atoms with E-state index in [4.69, 9.17) is 4.74 Å². The SMILES string of the molecule is CCCCCCCCc1cccc(S(=O)(=O)O)c1Oc1ccccc1[O-].[Na+]. The van der Waals surface area contributed by atoms with Gasteiger partial charge < -0.3 is 9.84 Å². The van der Waals surface area contributed by atoms with Crippen molar-refractivity contribution >= 4 is 10.1 Å².